The SMILES string of the molecule is Cc1cnc(C)c(N2CC3CCN(C(=O)c4ccccc4-n4nccn4)CC32)n1. The van der Waals surface area contributed by atoms with Crippen molar-refractivity contribution >= 4 is 11.7 Å². The van der Waals surface area contributed by atoms with Crippen molar-refractivity contribution in [1.82, 2.24) is 29.9 Å². The molecule has 8 nitrogen and oxygen atoms in total. The lowest BCUT2D eigenvalue weighted by molar-refractivity contribution is 0.0590. The van der Waals surface area contributed by atoms with E-state index in [1.807, 2.05) is 43.0 Å². The van der Waals surface area contributed by atoms with Crippen LogP contribution in [-0.4, -0.2) is 61.4 Å². The third kappa shape index (κ3) is 3.04. The highest BCUT2D eigenvalue weighted by Gasteiger charge is 2.45. The first kappa shape index (κ1) is 17.8. The molecule has 0 aliphatic carbocycles. The average molecular weight is 389 g/mol. The minimum absolute atomic E-state index is 0.0234. The summed E-state index contributed by atoms with van der Waals surface area (Å²) in [5, 5.41) is 8.39. The Balaban J connectivity index is 1.39. The molecule has 4 heterocycles. The minimum Gasteiger partial charge on any atom is -0.350 e. The number of carbonyl (C=O) groups is 1. The van der Waals surface area contributed by atoms with E-state index in [9.17, 15) is 4.79 Å². The molecule has 0 bridgehead atoms. The van der Waals surface area contributed by atoms with Gasteiger partial charge in [0.15, 0.2) is 5.82 Å². The van der Waals surface area contributed by atoms with Gasteiger partial charge in [-0.2, -0.15) is 15.0 Å². The maximum Gasteiger partial charge on any atom is 0.256 e. The van der Waals surface area contributed by atoms with Crippen LogP contribution >= 0.6 is 0 Å². The predicted molar refractivity (Wildman–Crippen MR) is 108 cm³/mol. The van der Waals surface area contributed by atoms with Crippen LogP contribution < -0.4 is 4.90 Å². The number of aromatic nitrogens is 5. The number of amides is 1. The van der Waals surface area contributed by atoms with Crippen LogP contribution in [0.3, 0.4) is 0 Å². The molecule has 3 aromatic rings. The van der Waals surface area contributed by atoms with E-state index in [0.29, 0.717) is 23.7 Å². The molecule has 2 fully saturated rings. The number of benzene rings is 1. The van der Waals surface area contributed by atoms with Gasteiger partial charge in [0.1, 0.15) is 0 Å². The van der Waals surface area contributed by atoms with Crippen LogP contribution in [-0.2, 0) is 0 Å². The molecule has 148 valence electrons. The average Bonchev–Trinajstić information content (AvgIpc) is 3.26. The monoisotopic (exact) mass is 389 g/mol. The van der Waals surface area contributed by atoms with Crippen molar-refractivity contribution in [3.63, 3.8) is 0 Å². The zero-order valence-corrected chi connectivity index (χ0v) is 16.6. The zero-order valence-electron chi connectivity index (χ0n) is 16.6. The summed E-state index contributed by atoms with van der Waals surface area (Å²) in [6, 6.07) is 7.80. The maximum absolute atomic E-state index is 13.4. The molecule has 2 aliphatic rings. The Morgan fingerprint density at radius 2 is 1.90 bits per heavy atom. The van der Waals surface area contributed by atoms with Crippen LogP contribution in [0.15, 0.2) is 42.9 Å². The van der Waals surface area contributed by atoms with E-state index < -0.39 is 0 Å². The van der Waals surface area contributed by atoms with Crippen molar-refractivity contribution in [3.05, 3.63) is 59.8 Å². The number of nitrogens with zero attached hydrogens (tertiary/aromatic N) is 7. The largest absolute Gasteiger partial charge is 0.350 e. The second-order valence-corrected chi connectivity index (χ2v) is 7.78. The fourth-order valence-corrected chi connectivity index (χ4v) is 4.36. The highest BCUT2D eigenvalue weighted by atomic mass is 16.2. The summed E-state index contributed by atoms with van der Waals surface area (Å²) in [5.41, 5.74) is 3.18. The molecule has 29 heavy (non-hydrogen) atoms. The lowest BCUT2D eigenvalue weighted by Crippen LogP contribution is -2.65. The Labute approximate surface area is 169 Å². The van der Waals surface area contributed by atoms with Gasteiger partial charge in [-0.05, 0) is 32.4 Å². The predicted octanol–water partition coefficient (Wildman–Crippen LogP) is 2.03. The molecule has 0 radical (unpaired) electrons. The molecule has 0 spiro atoms. The number of hydrogen-bond acceptors (Lipinski definition) is 6. The number of carbonyl (C=O) groups excluding carboxylic acids is 1. The topological polar surface area (TPSA) is 80.0 Å². The molecule has 8 heteroatoms. The van der Waals surface area contributed by atoms with Gasteiger partial charge in [0.2, 0.25) is 0 Å². The van der Waals surface area contributed by atoms with E-state index in [1.165, 1.54) is 4.80 Å². The van der Waals surface area contributed by atoms with Gasteiger partial charge in [-0.3, -0.25) is 9.78 Å². The van der Waals surface area contributed by atoms with Crippen molar-refractivity contribution in [2.45, 2.75) is 26.3 Å². The Bertz CT molecular complexity index is 1050. The van der Waals surface area contributed by atoms with Crippen LogP contribution in [0.25, 0.3) is 5.69 Å². The molecule has 1 aromatic carbocycles. The van der Waals surface area contributed by atoms with E-state index >= 15 is 0 Å². The highest BCUT2D eigenvalue weighted by molar-refractivity contribution is 5.97. The second-order valence-electron chi connectivity index (χ2n) is 7.78. The van der Waals surface area contributed by atoms with Crippen LogP contribution in [0.2, 0.25) is 0 Å². The molecule has 0 N–H and O–H groups in total. The minimum atomic E-state index is 0.0234. The Morgan fingerprint density at radius 3 is 2.72 bits per heavy atom. The lowest BCUT2D eigenvalue weighted by Gasteiger charge is -2.54. The van der Waals surface area contributed by atoms with Crippen LogP contribution in [0.1, 0.15) is 28.2 Å². The molecular weight excluding hydrogens is 366 g/mol. The normalized spacial score (nSPS) is 20.9. The summed E-state index contributed by atoms with van der Waals surface area (Å²) in [7, 11) is 0. The first-order valence-electron chi connectivity index (χ1n) is 9.93. The molecule has 1 amide bonds. The van der Waals surface area contributed by atoms with E-state index in [-0.39, 0.29) is 11.9 Å². The molecule has 2 saturated heterocycles. The van der Waals surface area contributed by atoms with Crippen LogP contribution in [0, 0.1) is 19.8 Å². The van der Waals surface area contributed by atoms with Crippen LogP contribution in [0.5, 0.6) is 0 Å². The number of rotatable bonds is 3. The van der Waals surface area contributed by atoms with Crippen molar-refractivity contribution < 1.29 is 4.79 Å². The highest BCUT2D eigenvalue weighted by Crippen LogP contribution is 2.37. The van der Waals surface area contributed by atoms with Gasteiger partial charge in [-0.25, -0.2) is 4.98 Å². The van der Waals surface area contributed by atoms with E-state index in [2.05, 4.69) is 20.1 Å². The molecular formula is C21H23N7O. The number of fused-ring (bicyclic) bond motifs is 1. The van der Waals surface area contributed by atoms with Gasteiger partial charge in [0.05, 0.1) is 41.1 Å². The van der Waals surface area contributed by atoms with Gasteiger partial charge in [-0.1, -0.05) is 12.1 Å². The molecule has 2 atom stereocenters. The summed E-state index contributed by atoms with van der Waals surface area (Å²) >= 11 is 0. The summed E-state index contributed by atoms with van der Waals surface area (Å²) < 4.78 is 0. The van der Waals surface area contributed by atoms with Crippen molar-refractivity contribution in [2.75, 3.05) is 24.5 Å². The van der Waals surface area contributed by atoms with Gasteiger partial charge >= 0.3 is 0 Å². The van der Waals surface area contributed by atoms with Crippen molar-refractivity contribution in [1.29, 1.82) is 0 Å². The van der Waals surface area contributed by atoms with Gasteiger partial charge in [0, 0.05) is 31.7 Å². The molecule has 2 unspecified atom stereocenters. The fourth-order valence-electron chi connectivity index (χ4n) is 4.36. The Hall–Kier alpha value is -3.29. The quantitative estimate of drug-likeness (QED) is 0.682. The molecule has 2 aliphatic heterocycles. The Kier molecular flexibility index (Phi) is 4.26. The smallest absolute Gasteiger partial charge is 0.256 e. The Morgan fingerprint density at radius 1 is 1.10 bits per heavy atom. The standard InChI is InChI=1S/C21H23N7O/c1-14-11-22-15(2)20(25-14)27-12-16-7-10-26(13-19(16)27)21(29)17-5-3-4-6-18(17)28-23-8-9-24-28/h3-6,8-9,11,16,19H,7,10,12-13H2,1-2H3. The van der Waals surface area contributed by atoms with Crippen molar-refractivity contribution in [3.8, 4) is 5.69 Å². The molecule has 5 rings (SSSR count). The summed E-state index contributed by atoms with van der Waals surface area (Å²) in [6.07, 6.45) is 6.04. The molecule has 0 saturated carbocycles. The zero-order chi connectivity index (χ0) is 20.0. The fraction of sp³-hybridized carbons (Fsp3) is 0.381. The number of para-hydroxylation sites is 1. The second kappa shape index (κ2) is 6.95. The number of likely N-dealkylation sites (tertiary alicyclic amines) is 1. The number of aryl methyl sites for hydroxylation is 2. The van der Waals surface area contributed by atoms with E-state index in [4.69, 9.17) is 4.98 Å². The van der Waals surface area contributed by atoms with Crippen molar-refractivity contribution in [2.24, 2.45) is 5.92 Å². The summed E-state index contributed by atoms with van der Waals surface area (Å²) in [6.45, 7) is 6.41. The first-order valence-corrected chi connectivity index (χ1v) is 9.93. The third-order valence-corrected chi connectivity index (χ3v) is 5.93. The third-order valence-electron chi connectivity index (χ3n) is 5.93. The lowest BCUT2D eigenvalue weighted by atomic mass is 9.82. The number of anilines is 1. The summed E-state index contributed by atoms with van der Waals surface area (Å²) in [5.74, 6) is 1.57. The van der Waals surface area contributed by atoms with E-state index in [1.54, 1.807) is 18.6 Å². The maximum atomic E-state index is 13.4. The van der Waals surface area contributed by atoms with Gasteiger partial charge in [-0.15, -0.1) is 0 Å². The first-order chi connectivity index (χ1) is 14.1. The molecule has 2 aromatic heterocycles. The van der Waals surface area contributed by atoms with E-state index in [0.717, 1.165) is 36.7 Å². The number of piperidine rings is 1. The number of hydrogen-bond donors (Lipinski definition) is 0. The van der Waals surface area contributed by atoms with Crippen LogP contribution in [0.4, 0.5) is 5.82 Å². The summed E-state index contributed by atoms with van der Waals surface area (Å²) in [4.78, 5) is 28.3. The van der Waals surface area contributed by atoms with Gasteiger partial charge < -0.3 is 9.80 Å². The van der Waals surface area contributed by atoms with Gasteiger partial charge in [0.25, 0.3) is 5.91 Å².